The van der Waals surface area contributed by atoms with Crippen LogP contribution in [0.25, 0.3) is 0 Å². The monoisotopic (exact) mass is 376 g/mol. The zero-order valence-electron chi connectivity index (χ0n) is 15.2. The Labute approximate surface area is 154 Å². The summed E-state index contributed by atoms with van der Waals surface area (Å²) in [4.78, 5) is 12.4. The Kier molecular flexibility index (Phi) is 6.63. The van der Waals surface area contributed by atoms with Crippen molar-refractivity contribution >= 4 is 21.6 Å². The van der Waals surface area contributed by atoms with Gasteiger partial charge in [-0.3, -0.25) is 9.10 Å². The summed E-state index contributed by atoms with van der Waals surface area (Å²) in [5.41, 5.74) is 1.34. The molecule has 7 heteroatoms. The molecule has 26 heavy (non-hydrogen) atoms. The maximum Gasteiger partial charge on any atom is 0.241 e. The van der Waals surface area contributed by atoms with Gasteiger partial charge in [-0.1, -0.05) is 36.4 Å². The second kappa shape index (κ2) is 8.71. The van der Waals surface area contributed by atoms with Crippen LogP contribution >= 0.6 is 0 Å². The summed E-state index contributed by atoms with van der Waals surface area (Å²) < 4.78 is 30.9. The van der Waals surface area contributed by atoms with Gasteiger partial charge in [0.25, 0.3) is 0 Å². The molecule has 140 valence electrons. The van der Waals surface area contributed by atoms with E-state index in [9.17, 15) is 13.2 Å². The van der Waals surface area contributed by atoms with Crippen molar-refractivity contribution in [2.45, 2.75) is 19.9 Å². The fraction of sp³-hybridized carbons (Fsp3) is 0.316. The van der Waals surface area contributed by atoms with E-state index in [1.807, 2.05) is 44.2 Å². The average Bonchev–Trinajstić information content (AvgIpc) is 2.60. The van der Waals surface area contributed by atoms with Crippen LogP contribution in [0.3, 0.4) is 0 Å². The van der Waals surface area contributed by atoms with Gasteiger partial charge in [0.15, 0.2) is 0 Å². The minimum Gasteiger partial charge on any atom is -0.494 e. The summed E-state index contributed by atoms with van der Waals surface area (Å²) >= 11 is 0. The normalized spacial score (nSPS) is 12.3. The third-order valence-corrected chi connectivity index (χ3v) is 4.92. The predicted octanol–water partition coefficient (Wildman–Crippen LogP) is 2.73. The number of hydrogen-bond acceptors (Lipinski definition) is 4. The lowest BCUT2D eigenvalue weighted by molar-refractivity contribution is -0.120. The number of anilines is 1. The fourth-order valence-electron chi connectivity index (χ4n) is 2.54. The highest BCUT2D eigenvalue weighted by Crippen LogP contribution is 2.23. The first-order chi connectivity index (χ1) is 12.3. The third-order valence-electron chi connectivity index (χ3n) is 3.78. The molecule has 1 unspecified atom stereocenters. The van der Waals surface area contributed by atoms with Crippen molar-refractivity contribution in [2.24, 2.45) is 0 Å². The van der Waals surface area contributed by atoms with E-state index < -0.39 is 10.0 Å². The van der Waals surface area contributed by atoms with E-state index in [1.54, 1.807) is 24.3 Å². The van der Waals surface area contributed by atoms with Gasteiger partial charge in [-0.25, -0.2) is 8.42 Å². The van der Waals surface area contributed by atoms with Crippen LogP contribution in [0.2, 0.25) is 0 Å². The van der Waals surface area contributed by atoms with Crippen LogP contribution in [0.5, 0.6) is 5.75 Å². The predicted molar refractivity (Wildman–Crippen MR) is 103 cm³/mol. The van der Waals surface area contributed by atoms with Crippen LogP contribution in [0, 0.1) is 0 Å². The summed E-state index contributed by atoms with van der Waals surface area (Å²) in [7, 11) is -3.63. The third kappa shape index (κ3) is 5.49. The van der Waals surface area contributed by atoms with Crippen molar-refractivity contribution in [3.05, 3.63) is 60.2 Å². The molecular weight excluding hydrogens is 352 g/mol. The van der Waals surface area contributed by atoms with Crippen LogP contribution in [0.15, 0.2) is 54.6 Å². The second-order valence-corrected chi connectivity index (χ2v) is 7.81. The van der Waals surface area contributed by atoms with E-state index in [0.717, 1.165) is 16.1 Å². The van der Waals surface area contributed by atoms with Crippen molar-refractivity contribution < 1.29 is 17.9 Å². The van der Waals surface area contributed by atoms with Gasteiger partial charge < -0.3 is 10.1 Å². The van der Waals surface area contributed by atoms with Crippen molar-refractivity contribution in [1.29, 1.82) is 0 Å². The Morgan fingerprint density at radius 1 is 1.15 bits per heavy atom. The largest absolute Gasteiger partial charge is 0.494 e. The van der Waals surface area contributed by atoms with Crippen molar-refractivity contribution in [3.63, 3.8) is 0 Å². The molecule has 0 radical (unpaired) electrons. The minimum atomic E-state index is -3.63. The van der Waals surface area contributed by atoms with E-state index in [-0.39, 0.29) is 18.5 Å². The van der Waals surface area contributed by atoms with E-state index in [2.05, 4.69) is 5.32 Å². The summed E-state index contributed by atoms with van der Waals surface area (Å²) in [5.74, 6) is 0.172. The van der Waals surface area contributed by atoms with E-state index in [0.29, 0.717) is 18.0 Å². The molecule has 2 aromatic rings. The van der Waals surface area contributed by atoms with Gasteiger partial charge in [0, 0.05) is 6.07 Å². The second-order valence-electron chi connectivity index (χ2n) is 5.90. The smallest absolute Gasteiger partial charge is 0.241 e. The molecule has 0 aliphatic heterocycles. The van der Waals surface area contributed by atoms with Gasteiger partial charge in [-0.2, -0.15) is 0 Å². The number of hydrogen-bond donors (Lipinski definition) is 1. The van der Waals surface area contributed by atoms with E-state index >= 15 is 0 Å². The molecule has 1 N–H and O–H groups in total. The van der Waals surface area contributed by atoms with Crippen LogP contribution in [0.1, 0.15) is 25.5 Å². The van der Waals surface area contributed by atoms with E-state index in [4.69, 9.17) is 4.74 Å². The first-order valence-corrected chi connectivity index (χ1v) is 10.2. The molecule has 0 spiro atoms. The standard InChI is InChI=1S/C19H24N2O4S/c1-4-25-18-12-8-11-17(13-18)21(26(3,23)24)14-19(22)20-15(2)16-9-6-5-7-10-16/h5-13,15H,4,14H2,1-3H3,(H,20,22). The maximum atomic E-state index is 12.4. The molecule has 0 saturated carbocycles. The lowest BCUT2D eigenvalue weighted by Crippen LogP contribution is -2.41. The molecule has 6 nitrogen and oxygen atoms in total. The van der Waals surface area contributed by atoms with Crippen LogP contribution in [-0.4, -0.2) is 33.7 Å². The lowest BCUT2D eigenvalue weighted by Gasteiger charge is -2.23. The number of sulfonamides is 1. The molecule has 0 fully saturated rings. The van der Waals surface area contributed by atoms with Gasteiger partial charge in [0.2, 0.25) is 15.9 Å². The number of nitrogens with one attached hydrogen (secondary N) is 1. The SMILES string of the molecule is CCOc1cccc(N(CC(=O)NC(C)c2ccccc2)S(C)(=O)=O)c1. The Bertz CT molecular complexity index is 838. The Morgan fingerprint density at radius 3 is 2.46 bits per heavy atom. The number of nitrogens with zero attached hydrogens (tertiary/aromatic N) is 1. The molecule has 0 bridgehead atoms. The summed E-state index contributed by atoms with van der Waals surface area (Å²) in [6, 6.07) is 16.0. The number of benzene rings is 2. The summed E-state index contributed by atoms with van der Waals surface area (Å²) in [5, 5.41) is 2.83. The molecule has 0 heterocycles. The molecule has 2 aromatic carbocycles. The topological polar surface area (TPSA) is 75.7 Å². The highest BCUT2D eigenvalue weighted by Gasteiger charge is 2.22. The molecule has 2 rings (SSSR count). The van der Waals surface area contributed by atoms with Gasteiger partial charge >= 0.3 is 0 Å². The van der Waals surface area contributed by atoms with Crippen LogP contribution in [-0.2, 0) is 14.8 Å². The van der Waals surface area contributed by atoms with Crippen LogP contribution < -0.4 is 14.4 Å². The quantitative estimate of drug-likeness (QED) is 0.769. The highest BCUT2D eigenvalue weighted by atomic mass is 32.2. The maximum absolute atomic E-state index is 12.4. The Hall–Kier alpha value is -2.54. The zero-order chi connectivity index (χ0) is 19.2. The van der Waals surface area contributed by atoms with Crippen molar-refractivity contribution in [2.75, 3.05) is 23.7 Å². The zero-order valence-corrected chi connectivity index (χ0v) is 16.0. The first kappa shape index (κ1) is 19.8. The number of carbonyl (C=O) groups excluding carboxylic acids is 1. The highest BCUT2D eigenvalue weighted by molar-refractivity contribution is 7.92. The molecule has 1 atom stereocenters. The number of rotatable bonds is 8. The lowest BCUT2D eigenvalue weighted by atomic mass is 10.1. The molecule has 0 saturated heterocycles. The molecule has 0 aliphatic carbocycles. The van der Waals surface area contributed by atoms with Crippen LogP contribution in [0.4, 0.5) is 5.69 Å². The Morgan fingerprint density at radius 2 is 1.85 bits per heavy atom. The molecular formula is C19H24N2O4S. The summed E-state index contributed by atoms with van der Waals surface area (Å²) in [6.45, 7) is 3.87. The average molecular weight is 376 g/mol. The Balaban J connectivity index is 2.16. The van der Waals surface area contributed by atoms with Gasteiger partial charge in [0.05, 0.1) is 24.6 Å². The number of ether oxygens (including phenoxy) is 1. The fourth-order valence-corrected chi connectivity index (χ4v) is 3.39. The first-order valence-electron chi connectivity index (χ1n) is 8.36. The molecule has 0 aliphatic rings. The van der Waals surface area contributed by atoms with Crippen molar-refractivity contribution in [1.82, 2.24) is 5.32 Å². The molecule has 1 amide bonds. The molecule has 0 aromatic heterocycles. The minimum absolute atomic E-state index is 0.222. The van der Waals surface area contributed by atoms with Gasteiger partial charge in [0.1, 0.15) is 12.3 Å². The number of amides is 1. The van der Waals surface area contributed by atoms with Gasteiger partial charge in [-0.15, -0.1) is 0 Å². The van der Waals surface area contributed by atoms with E-state index in [1.165, 1.54) is 0 Å². The number of carbonyl (C=O) groups is 1. The van der Waals surface area contributed by atoms with Gasteiger partial charge in [-0.05, 0) is 31.5 Å². The summed E-state index contributed by atoms with van der Waals surface area (Å²) in [6.07, 6.45) is 1.08. The van der Waals surface area contributed by atoms with Crippen molar-refractivity contribution in [3.8, 4) is 5.75 Å².